The molecule has 3 rings (SSSR count). The van der Waals surface area contributed by atoms with E-state index in [-0.39, 0.29) is 0 Å². The largest absolute Gasteiger partial charge is 0.325 e. The number of amides is 4. The normalized spacial score (nSPS) is 19.4. The van der Waals surface area contributed by atoms with E-state index in [1.165, 1.54) is 35.9 Å². The number of aryl methyl sites for hydroxylation is 2. The molecule has 142 valence electrons. The molecule has 0 saturated carbocycles. The Hall–Kier alpha value is -3.23. The van der Waals surface area contributed by atoms with Gasteiger partial charge in [0.05, 0.1) is 5.69 Å². The van der Waals surface area contributed by atoms with Crippen LogP contribution in [-0.2, 0) is 22.2 Å². The van der Waals surface area contributed by atoms with Gasteiger partial charge in [0.25, 0.3) is 5.91 Å². The van der Waals surface area contributed by atoms with E-state index < -0.39 is 35.7 Å². The summed E-state index contributed by atoms with van der Waals surface area (Å²) in [5.74, 6) is -1.04. The molecular weight excluding hydrogens is 353 g/mol. The van der Waals surface area contributed by atoms with E-state index in [4.69, 9.17) is 0 Å². The van der Waals surface area contributed by atoms with Gasteiger partial charge in [-0.05, 0) is 38.5 Å². The number of aromatic nitrogens is 2. The molecule has 1 atom stereocenters. The molecule has 2 heterocycles. The molecule has 1 aromatic carbocycles. The summed E-state index contributed by atoms with van der Waals surface area (Å²) in [7, 11) is 1.69. The molecule has 27 heavy (non-hydrogen) atoms. The lowest BCUT2D eigenvalue weighted by molar-refractivity contribution is -0.133. The minimum Gasteiger partial charge on any atom is -0.319 e. The first-order chi connectivity index (χ1) is 12.6. The second-order valence-corrected chi connectivity index (χ2v) is 6.68. The molecule has 0 radical (unpaired) electrons. The Balaban J connectivity index is 1.77. The lowest BCUT2D eigenvalue weighted by atomic mass is 9.92. The van der Waals surface area contributed by atoms with Gasteiger partial charge in [-0.2, -0.15) is 5.10 Å². The van der Waals surface area contributed by atoms with Crippen molar-refractivity contribution in [2.75, 3.05) is 11.9 Å². The summed E-state index contributed by atoms with van der Waals surface area (Å²) in [6.45, 7) is 4.71. The molecule has 1 aromatic heterocycles. The molecule has 8 nitrogen and oxygen atoms in total. The fourth-order valence-electron chi connectivity index (χ4n) is 3.07. The van der Waals surface area contributed by atoms with Crippen molar-refractivity contribution in [3.8, 4) is 0 Å². The maximum absolute atomic E-state index is 13.2. The van der Waals surface area contributed by atoms with Crippen LogP contribution in [0.2, 0.25) is 0 Å². The van der Waals surface area contributed by atoms with Gasteiger partial charge >= 0.3 is 6.03 Å². The molecule has 1 saturated heterocycles. The summed E-state index contributed by atoms with van der Waals surface area (Å²) in [6.07, 6.45) is 0. The zero-order valence-corrected chi connectivity index (χ0v) is 15.5. The minimum absolute atomic E-state index is 0.434. The van der Waals surface area contributed by atoms with Crippen LogP contribution in [0.15, 0.2) is 24.3 Å². The van der Waals surface area contributed by atoms with Crippen molar-refractivity contribution in [3.05, 3.63) is 46.9 Å². The Labute approximate surface area is 155 Å². The lowest BCUT2D eigenvalue weighted by Crippen LogP contribution is -2.42. The number of nitrogens with zero attached hydrogens (tertiary/aromatic N) is 3. The van der Waals surface area contributed by atoms with Crippen LogP contribution < -0.4 is 10.6 Å². The number of carbonyl (C=O) groups is 3. The van der Waals surface area contributed by atoms with Crippen LogP contribution in [0.4, 0.5) is 15.0 Å². The predicted molar refractivity (Wildman–Crippen MR) is 95.3 cm³/mol. The molecule has 1 aliphatic rings. The zero-order chi connectivity index (χ0) is 19.9. The molecule has 4 amide bonds. The van der Waals surface area contributed by atoms with Gasteiger partial charge in [0, 0.05) is 12.6 Å². The summed E-state index contributed by atoms with van der Waals surface area (Å²) in [4.78, 5) is 38.3. The van der Waals surface area contributed by atoms with E-state index in [0.29, 0.717) is 11.4 Å². The van der Waals surface area contributed by atoms with E-state index in [9.17, 15) is 18.8 Å². The maximum atomic E-state index is 13.2. The fourth-order valence-corrected chi connectivity index (χ4v) is 3.07. The fraction of sp³-hybridized carbons (Fsp3) is 0.333. The number of benzene rings is 1. The van der Waals surface area contributed by atoms with Gasteiger partial charge in [-0.3, -0.25) is 19.2 Å². The van der Waals surface area contributed by atoms with Crippen molar-refractivity contribution < 1.29 is 18.8 Å². The monoisotopic (exact) mass is 373 g/mol. The third-order valence-electron chi connectivity index (χ3n) is 4.78. The number of nitrogens with one attached hydrogen (secondary N) is 2. The number of rotatable bonds is 4. The first-order valence-electron chi connectivity index (χ1n) is 8.33. The summed E-state index contributed by atoms with van der Waals surface area (Å²) >= 11 is 0. The smallest absolute Gasteiger partial charge is 0.319 e. The van der Waals surface area contributed by atoms with E-state index in [1.807, 2.05) is 13.8 Å². The Morgan fingerprint density at radius 3 is 2.44 bits per heavy atom. The minimum atomic E-state index is -1.36. The molecule has 0 aliphatic carbocycles. The molecule has 0 spiro atoms. The number of urea groups is 1. The Morgan fingerprint density at radius 1 is 1.26 bits per heavy atom. The van der Waals surface area contributed by atoms with Gasteiger partial charge in [-0.15, -0.1) is 0 Å². The van der Waals surface area contributed by atoms with Crippen molar-refractivity contribution in [3.63, 3.8) is 0 Å². The van der Waals surface area contributed by atoms with Crippen LogP contribution >= 0.6 is 0 Å². The number of imide groups is 1. The third-order valence-corrected chi connectivity index (χ3v) is 4.78. The van der Waals surface area contributed by atoms with Gasteiger partial charge in [0.15, 0.2) is 0 Å². The Kier molecular flexibility index (Phi) is 4.46. The molecule has 1 aliphatic heterocycles. The summed E-state index contributed by atoms with van der Waals surface area (Å²) in [6, 6.07) is 4.60. The van der Waals surface area contributed by atoms with E-state index >= 15 is 0 Å². The summed E-state index contributed by atoms with van der Waals surface area (Å²) in [5, 5.41) is 9.47. The summed E-state index contributed by atoms with van der Waals surface area (Å²) < 4.78 is 14.7. The van der Waals surface area contributed by atoms with Crippen molar-refractivity contribution in [1.82, 2.24) is 20.0 Å². The maximum Gasteiger partial charge on any atom is 0.325 e. The van der Waals surface area contributed by atoms with E-state index in [0.717, 1.165) is 16.2 Å². The second-order valence-electron chi connectivity index (χ2n) is 6.68. The van der Waals surface area contributed by atoms with Crippen LogP contribution in [0, 0.1) is 19.7 Å². The lowest BCUT2D eigenvalue weighted by Gasteiger charge is -2.22. The third kappa shape index (κ3) is 3.16. The quantitative estimate of drug-likeness (QED) is 0.796. The first-order valence-corrected chi connectivity index (χ1v) is 8.33. The van der Waals surface area contributed by atoms with Gasteiger partial charge < -0.3 is 10.6 Å². The number of halogens is 1. The standard InChI is InChI=1S/C18H20FN5O3/c1-10-11(2)22-23(4)15(10)20-14(25)9-24-16(26)18(3,21-17(24)27)12-5-7-13(19)8-6-12/h5-8H,9H2,1-4H3,(H,20,25)(H,21,27). The molecule has 0 bridgehead atoms. The van der Waals surface area contributed by atoms with Crippen LogP contribution in [0.3, 0.4) is 0 Å². The van der Waals surface area contributed by atoms with E-state index in [1.54, 1.807) is 7.05 Å². The number of carbonyl (C=O) groups excluding carboxylic acids is 3. The molecule has 1 fully saturated rings. The molecule has 2 N–H and O–H groups in total. The SMILES string of the molecule is Cc1nn(C)c(NC(=O)CN2C(=O)NC(C)(c3ccc(F)cc3)C2=O)c1C. The topological polar surface area (TPSA) is 96.3 Å². The van der Waals surface area contributed by atoms with Crippen LogP contribution in [0.5, 0.6) is 0 Å². The van der Waals surface area contributed by atoms with Crippen molar-refractivity contribution in [2.24, 2.45) is 7.05 Å². The average molecular weight is 373 g/mol. The van der Waals surface area contributed by atoms with Crippen molar-refractivity contribution in [1.29, 1.82) is 0 Å². The van der Waals surface area contributed by atoms with Crippen molar-refractivity contribution in [2.45, 2.75) is 26.3 Å². The molecule has 1 unspecified atom stereocenters. The van der Waals surface area contributed by atoms with Gasteiger partial charge in [-0.1, -0.05) is 12.1 Å². The van der Waals surface area contributed by atoms with Gasteiger partial charge in [-0.25, -0.2) is 9.18 Å². The number of hydrogen-bond donors (Lipinski definition) is 2. The average Bonchev–Trinajstić information content (AvgIpc) is 2.97. The molecule has 9 heteroatoms. The van der Waals surface area contributed by atoms with Crippen molar-refractivity contribution >= 4 is 23.7 Å². The Morgan fingerprint density at radius 2 is 1.89 bits per heavy atom. The number of anilines is 1. The first kappa shape index (κ1) is 18.6. The zero-order valence-electron chi connectivity index (χ0n) is 15.5. The van der Waals surface area contributed by atoms with Gasteiger partial charge in [0.2, 0.25) is 5.91 Å². The van der Waals surface area contributed by atoms with Crippen LogP contribution in [0.1, 0.15) is 23.7 Å². The summed E-state index contributed by atoms with van der Waals surface area (Å²) in [5.41, 5.74) is 0.651. The second kappa shape index (κ2) is 6.49. The van der Waals surface area contributed by atoms with Crippen LogP contribution in [-0.4, -0.2) is 39.1 Å². The number of hydrogen-bond acceptors (Lipinski definition) is 4. The highest BCUT2D eigenvalue weighted by Crippen LogP contribution is 2.29. The molecular formula is C18H20FN5O3. The molecule has 2 aromatic rings. The van der Waals surface area contributed by atoms with E-state index in [2.05, 4.69) is 15.7 Å². The van der Waals surface area contributed by atoms with Gasteiger partial charge in [0.1, 0.15) is 23.7 Å². The highest BCUT2D eigenvalue weighted by molar-refractivity contribution is 6.10. The Bertz CT molecular complexity index is 937. The highest BCUT2D eigenvalue weighted by Gasteiger charge is 2.49. The predicted octanol–water partition coefficient (Wildman–Crippen LogP) is 1.58. The van der Waals surface area contributed by atoms with Crippen LogP contribution in [0.25, 0.3) is 0 Å². The highest BCUT2D eigenvalue weighted by atomic mass is 19.1.